The average Bonchev–Trinajstić information content (AvgIpc) is 2.20. The molecule has 0 heterocycles. The summed E-state index contributed by atoms with van der Waals surface area (Å²) in [5, 5.41) is 9.25. The summed E-state index contributed by atoms with van der Waals surface area (Å²) < 4.78 is 17.5. The molecule has 0 saturated carbocycles. The molecule has 1 rings (SSSR count). The molecule has 0 aliphatic rings. The maximum absolute atomic E-state index is 13.1. The highest BCUT2D eigenvalue weighted by Crippen LogP contribution is 2.23. The summed E-state index contributed by atoms with van der Waals surface area (Å²) in [6.45, 7) is 1.76. The van der Waals surface area contributed by atoms with Gasteiger partial charge in [-0.3, -0.25) is 0 Å². The van der Waals surface area contributed by atoms with E-state index in [-0.39, 0.29) is 5.56 Å². The van der Waals surface area contributed by atoms with Gasteiger partial charge in [-0.2, -0.15) is 0 Å². The largest absolute Gasteiger partial charge is 0.505 e. The summed E-state index contributed by atoms with van der Waals surface area (Å²) in [6.07, 6.45) is 0.452. The third-order valence-corrected chi connectivity index (χ3v) is 1.94. The molecule has 0 atom stereocenters. The fraction of sp³-hybridized carbons (Fsp3) is 0.300. The lowest BCUT2D eigenvalue weighted by Crippen LogP contribution is -2.03. The second-order valence-corrected chi connectivity index (χ2v) is 2.81. The van der Waals surface area contributed by atoms with Crippen LogP contribution in [0, 0.1) is 5.82 Å². The molecule has 76 valence electrons. The van der Waals surface area contributed by atoms with E-state index in [0.29, 0.717) is 12.0 Å². The highest BCUT2D eigenvalue weighted by atomic mass is 19.1. The number of aryl methyl sites for hydroxylation is 1. The summed E-state index contributed by atoms with van der Waals surface area (Å²) in [6, 6.07) is 2.38. The van der Waals surface area contributed by atoms with Crippen molar-refractivity contribution in [1.82, 2.24) is 0 Å². The van der Waals surface area contributed by atoms with Crippen molar-refractivity contribution < 1.29 is 19.0 Å². The molecule has 0 aliphatic carbocycles. The zero-order valence-corrected chi connectivity index (χ0v) is 8.00. The Kier molecular flexibility index (Phi) is 3.06. The SMILES string of the molecule is CCc1cc(C(=O)OC)cc(F)c1O. The molecule has 0 unspecified atom stereocenters. The number of hydrogen-bond donors (Lipinski definition) is 1. The minimum Gasteiger partial charge on any atom is -0.505 e. The van der Waals surface area contributed by atoms with Crippen LogP contribution in [0.2, 0.25) is 0 Å². The molecule has 0 radical (unpaired) electrons. The molecule has 0 amide bonds. The molecule has 0 bridgehead atoms. The Morgan fingerprint density at radius 2 is 2.21 bits per heavy atom. The summed E-state index contributed by atoms with van der Waals surface area (Å²) in [4.78, 5) is 11.1. The molecule has 0 aliphatic heterocycles. The van der Waals surface area contributed by atoms with Gasteiger partial charge in [0.25, 0.3) is 0 Å². The van der Waals surface area contributed by atoms with Crippen LogP contribution in [0.1, 0.15) is 22.8 Å². The number of esters is 1. The molecule has 0 fully saturated rings. The van der Waals surface area contributed by atoms with Crippen LogP contribution in [0.4, 0.5) is 4.39 Å². The van der Waals surface area contributed by atoms with E-state index in [4.69, 9.17) is 0 Å². The van der Waals surface area contributed by atoms with E-state index in [0.717, 1.165) is 6.07 Å². The van der Waals surface area contributed by atoms with Crippen LogP contribution in [0.15, 0.2) is 12.1 Å². The lowest BCUT2D eigenvalue weighted by Gasteiger charge is -2.05. The van der Waals surface area contributed by atoms with Crippen LogP contribution in [-0.2, 0) is 11.2 Å². The third kappa shape index (κ3) is 1.84. The molecule has 1 N–H and O–H groups in total. The van der Waals surface area contributed by atoms with E-state index in [1.807, 2.05) is 0 Å². The molecule has 0 spiro atoms. The van der Waals surface area contributed by atoms with Crippen molar-refractivity contribution in [3.63, 3.8) is 0 Å². The van der Waals surface area contributed by atoms with Crippen molar-refractivity contribution in [1.29, 1.82) is 0 Å². The summed E-state index contributed by atoms with van der Waals surface area (Å²) >= 11 is 0. The average molecular weight is 198 g/mol. The minimum absolute atomic E-state index is 0.111. The van der Waals surface area contributed by atoms with E-state index < -0.39 is 17.5 Å². The molecule has 0 aromatic heterocycles. The number of hydrogen-bond acceptors (Lipinski definition) is 3. The zero-order valence-electron chi connectivity index (χ0n) is 8.00. The molecule has 0 saturated heterocycles. The fourth-order valence-corrected chi connectivity index (χ4v) is 1.16. The Morgan fingerprint density at radius 1 is 1.57 bits per heavy atom. The van der Waals surface area contributed by atoms with E-state index in [9.17, 15) is 14.3 Å². The van der Waals surface area contributed by atoms with E-state index >= 15 is 0 Å². The van der Waals surface area contributed by atoms with Crippen molar-refractivity contribution in [3.05, 3.63) is 29.1 Å². The number of rotatable bonds is 2. The Hall–Kier alpha value is -1.58. The van der Waals surface area contributed by atoms with Gasteiger partial charge in [0.1, 0.15) is 0 Å². The zero-order chi connectivity index (χ0) is 10.7. The topological polar surface area (TPSA) is 46.5 Å². The van der Waals surface area contributed by atoms with E-state index in [1.165, 1.54) is 13.2 Å². The lowest BCUT2D eigenvalue weighted by atomic mass is 10.1. The number of benzene rings is 1. The quantitative estimate of drug-likeness (QED) is 0.738. The second kappa shape index (κ2) is 4.09. The summed E-state index contributed by atoms with van der Waals surface area (Å²) in [5.41, 5.74) is 0.505. The van der Waals surface area contributed by atoms with Crippen molar-refractivity contribution >= 4 is 5.97 Å². The maximum atomic E-state index is 13.1. The van der Waals surface area contributed by atoms with E-state index in [1.54, 1.807) is 6.92 Å². The van der Waals surface area contributed by atoms with Gasteiger partial charge in [0.15, 0.2) is 11.6 Å². The first-order valence-electron chi connectivity index (χ1n) is 4.19. The first-order valence-corrected chi connectivity index (χ1v) is 4.19. The Morgan fingerprint density at radius 3 is 2.71 bits per heavy atom. The molecule has 4 heteroatoms. The normalized spacial score (nSPS) is 9.93. The van der Waals surface area contributed by atoms with Gasteiger partial charge < -0.3 is 9.84 Å². The van der Waals surface area contributed by atoms with Crippen molar-refractivity contribution in [2.24, 2.45) is 0 Å². The molecular weight excluding hydrogens is 187 g/mol. The number of phenols is 1. The van der Waals surface area contributed by atoms with Crippen LogP contribution in [0.3, 0.4) is 0 Å². The number of carbonyl (C=O) groups is 1. The number of aromatic hydroxyl groups is 1. The summed E-state index contributed by atoms with van der Waals surface area (Å²) in [7, 11) is 1.22. The number of phenolic OH excluding ortho intramolecular Hbond substituents is 1. The first-order chi connectivity index (χ1) is 6.60. The van der Waals surface area contributed by atoms with Crippen molar-refractivity contribution in [3.8, 4) is 5.75 Å². The van der Waals surface area contributed by atoms with Crippen LogP contribution < -0.4 is 0 Å². The standard InChI is InChI=1S/C10H11FO3/c1-3-6-4-7(10(13)14-2)5-8(11)9(6)12/h4-5,12H,3H2,1-2H3. The fourth-order valence-electron chi connectivity index (χ4n) is 1.16. The smallest absolute Gasteiger partial charge is 0.337 e. The van der Waals surface area contributed by atoms with Gasteiger partial charge in [-0.1, -0.05) is 6.92 Å². The van der Waals surface area contributed by atoms with Crippen LogP contribution >= 0.6 is 0 Å². The Bertz CT molecular complexity index is 361. The van der Waals surface area contributed by atoms with Gasteiger partial charge in [-0.05, 0) is 24.1 Å². The number of methoxy groups -OCH3 is 1. The number of ether oxygens (including phenoxy) is 1. The lowest BCUT2D eigenvalue weighted by molar-refractivity contribution is 0.0600. The highest BCUT2D eigenvalue weighted by Gasteiger charge is 2.13. The molecule has 14 heavy (non-hydrogen) atoms. The minimum atomic E-state index is -0.801. The number of carbonyl (C=O) groups excluding carboxylic acids is 1. The highest BCUT2D eigenvalue weighted by molar-refractivity contribution is 5.89. The van der Waals surface area contributed by atoms with Crippen LogP contribution in [0.25, 0.3) is 0 Å². The van der Waals surface area contributed by atoms with Crippen molar-refractivity contribution in [2.45, 2.75) is 13.3 Å². The first kappa shape index (κ1) is 10.5. The summed E-state index contributed by atoms with van der Waals surface area (Å²) in [5.74, 6) is -1.82. The van der Waals surface area contributed by atoms with Crippen LogP contribution in [-0.4, -0.2) is 18.2 Å². The molecule has 1 aromatic rings. The Labute approximate surface area is 81.1 Å². The molecule has 3 nitrogen and oxygen atoms in total. The third-order valence-electron chi connectivity index (χ3n) is 1.94. The monoisotopic (exact) mass is 198 g/mol. The predicted octanol–water partition coefficient (Wildman–Crippen LogP) is 1.88. The second-order valence-electron chi connectivity index (χ2n) is 2.81. The van der Waals surface area contributed by atoms with Gasteiger partial charge >= 0.3 is 5.97 Å². The van der Waals surface area contributed by atoms with Gasteiger partial charge in [-0.15, -0.1) is 0 Å². The molecule has 1 aromatic carbocycles. The van der Waals surface area contributed by atoms with Gasteiger partial charge in [0.05, 0.1) is 12.7 Å². The Balaban J connectivity index is 3.22. The van der Waals surface area contributed by atoms with Crippen LogP contribution in [0.5, 0.6) is 5.75 Å². The molecular formula is C10H11FO3. The maximum Gasteiger partial charge on any atom is 0.337 e. The van der Waals surface area contributed by atoms with Gasteiger partial charge in [0.2, 0.25) is 0 Å². The van der Waals surface area contributed by atoms with Crippen molar-refractivity contribution in [2.75, 3.05) is 7.11 Å². The number of halogens is 1. The van der Waals surface area contributed by atoms with Gasteiger partial charge in [-0.25, -0.2) is 9.18 Å². The van der Waals surface area contributed by atoms with E-state index in [2.05, 4.69) is 4.74 Å². The van der Waals surface area contributed by atoms with Gasteiger partial charge in [0, 0.05) is 0 Å². The predicted molar refractivity (Wildman–Crippen MR) is 48.8 cm³/mol.